The number of amides is 1. The first-order chi connectivity index (χ1) is 14.5. The summed E-state index contributed by atoms with van der Waals surface area (Å²) < 4.78 is 11.7. The Morgan fingerprint density at radius 1 is 1.20 bits per heavy atom. The van der Waals surface area contributed by atoms with E-state index in [2.05, 4.69) is 21.1 Å². The van der Waals surface area contributed by atoms with Gasteiger partial charge in [0, 0.05) is 26.3 Å². The number of hydrogen-bond donors (Lipinski definition) is 6. The maximum atomic E-state index is 12.1. The molecule has 0 bridgehead atoms. The van der Waals surface area contributed by atoms with Gasteiger partial charge in [0.25, 0.3) is 0 Å². The highest BCUT2D eigenvalue weighted by molar-refractivity contribution is 5.67. The molecule has 1 aliphatic rings. The lowest BCUT2D eigenvalue weighted by Gasteiger charge is -2.17. The molecule has 0 radical (unpaired) electrons. The predicted molar refractivity (Wildman–Crippen MR) is 106 cm³/mol. The second kappa shape index (κ2) is 12.4. The van der Waals surface area contributed by atoms with Gasteiger partial charge in [-0.25, -0.2) is 15.1 Å². The van der Waals surface area contributed by atoms with Crippen molar-refractivity contribution in [3.05, 3.63) is 22.7 Å². The number of alkyl carbamates (subject to hydrolysis) is 1. The van der Waals surface area contributed by atoms with Crippen molar-refractivity contribution in [2.75, 3.05) is 32.1 Å². The first-order valence-corrected chi connectivity index (χ1v) is 10.0. The van der Waals surface area contributed by atoms with Crippen molar-refractivity contribution >= 4 is 11.9 Å². The van der Waals surface area contributed by atoms with Crippen LogP contribution in [0.5, 0.6) is 0 Å². The second-order valence-corrected chi connectivity index (χ2v) is 7.00. The number of anilines is 1. The van der Waals surface area contributed by atoms with Crippen LogP contribution < -0.4 is 21.8 Å². The third-order valence-electron chi connectivity index (χ3n) is 4.81. The number of nitrogens with zero attached hydrogens (tertiary/aromatic N) is 2. The number of hydroxylamine groups is 1. The Morgan fingerprint density at radius 3 is 2.57 bits per heavy atom. The van der Waals surface area contributed by atoms with Gasteiger partial charge in [0.2, 0.25) is 0 Å². The topological polar surface area (TPSA) is 167 Å². The van der Waals surface area contributed by atoms with E-state index in [1.54, 1.807) is 7.05 Å². The smallest absolute Gasteiger partial charge is 0.407 e. The van der Waals surface area contributed by atoms with E-state index in [-0.39, 0.29) is 6.61 Å². The molecule has 0 aliphatic carbocycles. The maximum absolute atomic E-state index is 12.1. The van der Waals surface area contributed by atoms with Crippen molar-refractivity contribution in [2.45, 2.75) is 56.6 Å². The molecule has 1 aromatic rings. The standard InChI is InChI=1S/C18H31N5O7/c1-19-13-7-10-23(17(26)22-13)16-15(25)14(24)12(30-16)11-29-18(27)20-8-5-3-2-4-6-9-21-28/h7,10,12,14-16,21,24-25,28H,2-6,8-9,11H2,1H3,(H,20,27)(H,19,22,26). The molecule has 0 spiro atoms. The molecule has 1 saturated heterocycles. The van der Waals surface area contributed by atoms with Crippen LogP contribution in [0.1, 0.15) is 38.3 Å². The molecule has 12 nitrogen and oxygen atoms in total. The largest absolute Gasteiger partial charge is 0.447 e. The van der Waals surface area contributed by atoms with Crippen LogP contribution in [0.15, 0.2) is 17.1 Å². The van der Waals surface area contributed by atoms with E-state index in [0.717, 1.165) is 36.7 Å². The predicted octanol–water partition coefficient (Wildman–Crippen LogP) is -0.440. The number of carbonyl (C=O) groups is 1. The van der Waals surface area contributed by atoms with Crippen LogP contribution >= 0.6 is 0 Å². The van der Waals surface area contributed by atoms with Gasteiger partial charge in [0.05, 0.1) is 0 Å². The number of hydrogen-bond acceptors (Lipinski definition) is 10. The van der Waals surface area contributed by atoms with E-state index in [0.29, 0.717) is 18.9 Å². The summed E-state index contributed by atoms with van der Waals surface area (Å²) in [4.78, 5) is 27.7. The molecule has 1 amide bonds. The lowest BCUT2D eigenvalue weighted by atomic mass is 10.1. The Hall–Kier alpha value is -2.25. The molecule has 2 heterocycles. The minimum atomic E-state index is -1.37. The summed E-state index contributed by atoms with van der Waals surface area (Å²) in [6.07, 6.45) is 0.568. The number of unbranched alkanes of at least 4 members (excludes halogenated alkanes) is 4. The molecular formula is C18H31N5O7. The minimum absolute atomic E-state index is 0.272. The zero-order valence-electron chi connectivity index (χ0n) is 17.0. The maximum Gasteiger partial charge on any atom is 0.407 e. The van der Waals surface area contributed by atoms with Crippen molar-refractivity contribution in [3.63, 3.8) is 0 Å². The quantitative estimate of drug-likeness (QED) is 0.189. The molecule has 170 valence electrons. The molecule has 1 aromatic heterocycles. The third-order valence-corrected chi connectivity index (χ3v) is 4.81. The van der Waals surface area contributed by atoms with Crippen LogP contribution in [0, 0.1) is 0 Å². The van der Waals surface area contributed by atoms with Gasteiger partial charge < -0.3 is 35.5 Å². The number of ether oxygens (including phenoxy) is 2. The van der Waals surface area contributed by atoms with Crippen molar-refractivity contribution in [1.82, 2.24) is 20.3 Å². The number of aliphatic hydroxyl groups excluding tert-OH is 2. The van der Waals surface area contributed by atoms with E-state index in [1.165, 1.54) is 12.3 Å². The zero-order valence-corrected chi connectivity index (χ0v) is 17.0. The van der Waals surface area contributed by atoms with Gasteiger partial charge in [0.1, 0.15) is 30.7 Å². The van der Waals surface area contributed by atoms with Crippen molar-refractivity contribution < 1.29 is 29.7 Å². The van der Waals surface area contributed by atoms with Gasteiger partial charge >= 0.3 is 11.8 Å². The summed E-state index contributed by atoms with van der Waals surface area (Å²) >= 11 is 0. The number of carbonyl (C=O) groups excluding carboxylic acids is 1. The van der Waals surface area contributed by atoms with E-state index in [9.17, 15) is 19.8 Å². The first kappa shape index (κ1) is 24.0. The van der Waals surface area contributed by atoms with Crippen molar-refractivity contribution in [3.8, 4) is 0 Å². The Labute approximate surface area is 174 Å². The fourth-order valence-corrected chi connectivity index (χ4v) is 3.10. The van der Waals surface area contributed by atoms with Gasteiger partial charge in [-0.05, 0) is 18.9 Å². The normalized spacial score (nSPS) is 23.3. The third kappa shape index (κ3) is 6.92. The lowest BCUT2D eigenvalue weighted by molar-refractivity contribution is -0.0569. The van der Waals surface area contributed by atoms with Crippen LogP contribution in [-0.2, 0) is 9.47 Å². The number of aliphatic hydroxyl groups is 2. The fourth-order valence-electron chi connectivity index (χ4n) is 3.10. The van der Waals surface area contributed by atoms with Crippen LogP contribution in [0.25, 0.3) is 0 Å². The van der Waals surface area contributed by atoms with Gasteiger partial charge in [-0.3, -0.25) is 4.57 Å². The number of nitrogens with one attached hydrogen (secondary N) is 3. The highest BCUT2D eigenvalue weighted by Crippen LogP contribution is 2.28. The average Bonchev–Trinajstić information content (AvgIpc) is 3.02. The van der Waals surface area contributed by atoms with Gasteiger partial charge in [0.15, 0.2) is 6.23 Å². The number of aromatic nitrogens is 2. The van der Waals surface area contributed by atoms with Crippen LogP contribution in [0.3, 0.4) is 0 Å². The van der Waals surface area contributed by atoms with E-state index in [4.69, 9.17) is 14.7 Å². The summed E-state index contributed by atoms with van der Waals surface area (Å²) in [5.74, 6) is 0.364. The molecule has 4 unspecified atom stereocenters. The summed E-state index contributed by atoms with van der Waals surface area (Å²) in [6, 6.07) is 1.53. The van der Waals surface area contributed by atoms with Crippen LogP contribution in [0.2, 0.25) is 0 Å². The monoisotopic (exact) mass is 429 g/mol. The molecule has 0 saturated carbocycles. The van der Waals surface area contributed by atoms with Crippen LogP contribution in [-0.4, -0.2) is 76.1 Å². The van der Waals surface area contributed by atoms with Gasteiger partial charge in [-0.2, -0.15) is 4.98 Å². The molecule has 12 heteroatoms. The van der Waals surface area contributed by atoms with Gasteiger partial charge in [-0.1, -0.05) is 19.3 Å². The SMILES string of the molecule is CNc1ccn(C2OC(COC(=O)NCCCCCCCNO)C(O)C2O)c(=O)n1. The van der Waals surface area contributed by atoms with E-state index < -0.39 is 36.3 Å². The minimum Gasteiger partial charge on any atom is -0.447 e. The summed E-state index contributed by atoms with van der Waals surface area (Å²) in [5.41, 5.74) is 1.46. The average molecular weight is 429 g/mol. The Kier molecular flexibility index (Phi) is 9.97. The Morgan fingerprint density at radius 2 is 1.90 bits per heavy atom. The lowest BCUT2D eigenvalue weighted by Crippen LogP contribution is -2.37. The van der Waals surface area contributed by atoms with Crippen LogP contribution in [0.4, 0.5) is 10.6 Å². The highest BCUT2D eigenvalue weighted by atomic mass is 16.6. The zero-order chi connectivity index (χ0) is 21.9. The molecule has 4 atom stereocenters. The Balaban J connectivity index is 1.72. The number of rotatable bonds is 12. The second-order valence-electron chi connectivity index (χ2n) is 7.00. The molecule has 6 N–H and O–H groups in total. The summed E-state index contributed by atoms with van der Waals surface area (Å²) in [5, 5.41) is 34.2. The fraction of sp³-hybridized carbons (Fsp3) is 0.722. The molecule has 30 heavy (non-hydrogen) atoms. The highest BCUT2D eigenvalue weighted by Gasteiger charge is 2.44. The van der Waals surface area contributed by atoms with E-state index >= 15 is 0 Å². The molecule has 0 aromatic carbocycles. The molecular weight excluding hydrogens is 398 g/mol. The van der Waals surface area contributed by atoms with Crippen molar-refractivity contribution in [1.29, 1.82) is 0 Å². The first-order valence-electron chi connectivity index (χ1n) is 10.0. The molecule has 1 fully saturated rings. The molecule has 1 aliphatic heterocycles. The summed E-state index contributed by atoms with van der Waals surface area (Å²) in [7, 11) is 1.62. The molecule has 2 rings (SSSR count). The summed E-state index contributed by atoms with van der Waals surface area (Å²) in [6.45, 7) is 0.752. The van der Waals surface area contributed by atoms with E-state index in [1.807, 2.05) is 0 Å². The van der Waals surface area contributed by atoms with Gasteiger partial charge in [-0.15, -0.1) is 0 Å². The Bertz CT molecular complexity index is 716. The van der Waals surface area contributed by atoms with Crippen molar-refractivity contribution in [2.24, 2.45) is 0 Å².